The van der Waals surface area contributed by atoms with E-state index in [2.05, 4.69) is 20.1 Å². The summed E-state index contributed by atoms with van der Waals surface area (Å²) in [5, 5.41) is 11.8. The quantitative estimate of drug-likeness (QED) is 0.894. The van der Waals surface area contributed by atoms with Crippen LogP contribution in [0.2, 0.25) is 0 Å². The van der Waals surface area contributed by atoms with Gasteiger partial charge in [0.25, 0.3) is 0 Å². The monoisotopic (exact) mass is 260 g/mol. The number of nitrogens with one attached hydrogen (secondary N) is 1. The van der Waals surface area contributed by atoms with Crippen molar-refractivity contribution in [3.63, 3.8) is 0 Å². The van der Waals surface area contributed by atoms with Gasteiger partial charge in [-0.25, -0.2) is 0 Å². The van der Waals surface area contributed by atoms with E-state index in [1.807, 2.05) is 18.2 Å². The molecular weight excluding hydrogens is 244 g/mol. The van der Waals surface area contributed by atoms with E-state index in [0.717, 1.165) is 36.8 Å². The van der Waals surface area contributed by atoms with Crippen LogP contribution in [-0.4, -0.2) is 35.5 Å². The molecule has 1 aliphatic heterocycles. The van der Waals surface area contributed by atoms with Crippen molar-refractivity contribution in [2.75, 3.05) is 20.8 Å². The highest BCUT2D eigenvalue weighted by Gasteiger charge is 2.17. The van der Waals surface area contributed by atoms with Crippen LogP contribution in [-0.2, 0) is 13.1 Å². The normalized spacial score (nSPS) is 14.0. The van der Waals surface area contributed by atoms with Crippen molar-refractivity contribution >= 4 is 0 Å². The molecule has 0 radical (unpaired) electrons. The summed E-state index contributed by atoms with van der Waals surface area (Å²) >= 11 is 0. The molecule has 0 saturated heterocycles. The minimum atomic E-state index is 0.700. The van der Waals surface area contributed by atoms with E-state index in [1.165, 1.54) is 0 Å². The van der Waals surface area contributed by atoms with Crippen LogP contribution in [0, 0.1) is 0 Å². The van der Waals surface area contributed by atoms with E-state index in [1.54, 1.807) is 14.2 Å². The number of fused-ring (bicyclic) bond motifs is 1. The first kappa shape index (κ1) is 12.0. The van der Waals surface area contributed by atoms with Crippen molar-refractivity contribution in [3.05, 3.63) is 24.0 Å². The van der Waals surface area contributed by atoms with Crippen molar-refractivity contribution in [1.82, 2.24) is 20.1 Å². The number of aromatic nitrogens is 3. The van der Waals surface area contributed by atoms with Gasteiger partial charge in [-0.2, -0.15) is 0 Å². The summed E-state index contributed by atoms with van der Waals surface area (Å²) in [6, 6.07) is 5.79. The molecule has 0 atom stereocenters. The fourth-order valence-corrected chi connectivity index (χ4v) is 2.28. The van der Waals surface area contributed by atoms with Crippen molar-refractivity contribution in [3.8, 4) is 22.9 Å². The number of rotatable bonds is 3. The maximum Gasteiger partial charge on any atom is 0.164 e. The van der Waals surface area contributed by atoms with Crippen LogP contribution >= 0.6 is 0 Å². The van der Waals surface area contributed by atoms with Gasteiger partial charge in [-0.15, -0.1) is 10.2 Å². The Morgan fingerprint density at radius 1 is 1.16 bits per heavy atom. The van der Waals surface area contributed by atoms with Gasteiger partial charge in [-0.3, -0.25) is 0 Å². The second-order valence-corrected chi connectivity index (χ2v) is 4.34. The highest BCUT2D eigenvalue weighted by atomic mass is 16.5. The number of benzene rings is 1. The molecular formula is C13H16N4O2. The Labute approximate surface area is 111 Å². The second-order valence-electron chi connectivity index (χ2n) is 4.34. The van der Waals surface area contributed by atoms with Gasteiger partial charge in [0.2, 0.25) is 0 Å². The van der Waals surface area contributed by atoms with E-state index in [9.17, 15) is 0 Å². The molecule has 100 valence electrons. The molecule has 0 amide bonds. The maximum absolute atomic E-state index is 5.32. The lowest BCUT2D eigenvalue weighted by Gasteiger charge is -2.16. The fourth-order valence-electron chi connectivity index (χ4n) is 2.28. The molecule has 0 aliphatic carbocycles. The summed E-state index contributed by atoms with van der Waals surface area (Å²) in [5.41, 5.74) is 0.985. The maximum atomic E-state index is 5.32. The molecule has 0 bridgehead atoms. The van der Waals surface area contributed by atoms with Gasteiger partial charge >= 0.3 is 0 Å². The third-order valence-corrected chi connectivity index (χ3v) is 3.26. The summed E-state index contributed by atoms with van der Waals surface area (Å²) in [6.07, 6.45) is 0. The standard InChI is InChI=1S/C13H16N4O2/c1-18-10-4-3-9(7-11(10)19-2)13-16-15-12-8-14-5-6-17(12)13/h3-4,7,14H,5-6,8H2,1-2H3. The Morgan fingerprint density at radius 3 is 2.79 bits per heavy atom. The van der Waals surface area contributed by atoms with Gasteiger partial charge in [0.1, 0.15) is 5.82 Å². The van der Waals surface area contributed by atoms with Crippen molar-refractivity contribution < 1.29 is 9.47 Å². The number of nitrogens with zero attached hydrogens (tertiary/aromatic N) is 3. The molecule has 1 aromatic heterocycles. The Balaban J connectivity index is 2.04. The van der Waals surface area contributed by atoms with E-state index < -0.39 is 0 Å². The fraction of sp³-hybridized carbons (Fsp3) is 0.385. The molecule has 19 heavy (non-hydrogen) atoms. The molecule has 3 rings (SSSR count). The van der Waals surface area contributed by atoms with E-state index >= 15 is 0 Å². The highest BCUT2D eigenvalue weighted by molar-refractivity contribution is 5.61. The lowest BCUT2D eigenvalue weighted by molar-refractivity contribution is 0.355. The Morgan fingerprint density at radius 2 is 2.00 bits per heavy atom. The van der Waals surface area contributed by atoms with Crippen LogP contribution in [0.3, 0.4) is 0 Å². The highest BCUT2D eigenvalue weighted by Crippen LogP contribution is 2.31. The minimum absolute atomic E-state index is 0.700. The molecule has 1 aliphatic rings. The Kier molecular flexibility index (Phi) is 3.08. The van der Waals surface area contributed by atoms with E-state index in [4.69, 9.17) is 9.47 Å². The molecule has 0 fully saturated rings. The molecule has 1 N–H and O–H groups in total. The number of hydrogen-bond acceptors (Lipinski definition) is 5. The molecule has 2 aromatic rings. The zero-order chi connectivity index (χ0) is 13.2. The minimum Gasteiger partial charge on any atom is -0.493 e. The van der Waals surface area contributed by atoms with Gasteiger partial charge in [-0.1, -0.05) is 0 Å². The molecule has 0 saturated carbocycles. The van der Waals surface area contributed by atoms with Crippen molar-refractivity contribution in [2.24, 2.45) is 0 Å². The molecule has 0 unspecified atom stereocenters. The summed E-state index contributed by atoms with van der Waals surface area (Å²) in [4.78, 5) is 0. The van der Waals surface area contributed by atoms with Gasteiger partial charge < -0.3 is 19.4 Å². The average Bonchev–Trinajstić information content (AvgIpc) is 2.90. The predicted molar refractivity (Wildman–Crippen MR) is 70.3 cm³/mol. The zero-order valence-corrected chi connectivity index (χ0v) is 11.0. The van der Waals surface area contributed by atoms with Gasteiger partial charge in [0.15, 0.2) is 17.3 Å². The van der Waals surface area contributed by atoms with Crippen LogP contribution < -0.4 is 14.8 Å². The number of hydrogen-bond donors (Lipinski definition) is 1. The third kappa shape index (κ3) is 2.04. The number of ether oxygens (including phenoxy) is 2. The summed E-state index contributed by atoms with van der Waals surface area (Å²) < 4.78 is 12.7. The topological polar surface area (TPSA) is 61.2 Å². The van der Waals surface area contributed by atoms with Crippen molar-refractivity contribution in [2.45, 2.75) is 13.1 Å². The van der Waals surface area contributed by atoms with Crippen LogP contribution in [0.25, 0.3) is 11.4 Å². The molecule has 0 spiro atoms. The van der Waals surface area contributed by atoms with Crippen LogP contribution in [0.1, 0.15) is 5.82 Å². The van der Waals surface area contributed by atoms with Crippen LogP contribution in [0.5, 0.6) is 11.5 Å². The summed E-state index contributed by atoms with van der Waals surface area (Å²) in [6.45, 7) is 2.58. The first-order chi connectivity index (χ1) is 9.33. The number of methoxy groups -OCH3 is 2. The summed E-state index contributed by atoms with van der Waals surface area (Å²) in [5.74, 6) is 3.26. The summed E-state index contributed by atoms with van der Waals surface area (Å²) in [7, 11) is 3.26. The average molecular weight is 260 g/mol. The van der Waals surface area contributed by atoms with E-state index in [-0.39, 0.29) is 0 Å². The second kappa shape index (κ2) is 4.89. The lowest BCUT2D eigenvalue weighted by Crippen LogP contribution is -2.28. The first-order valence-electron chi connectivity index (χ1n) is 6.18. The molecule has 6 nitrogen and oxygen atoms in total. The third-order valence-electron chi connectivity index (χ3n) is 3.26. The molecule has 2 heterocycles. The smallest absolute Gasteiger partial charge is 0.164 e. The van der Waals surface area contributed by atoms with Gasteiger partial charge in [0, 0.05) is 18.7 Å². The largest absolute Gasteiger partial charge is 0.493 e. The van der Waals surface area contributed by atoms with Crippen LogP contribution in [0.15, 0.2) is 18.2 Å². The first-order valence-corrected chi connectivity index (χ1v) is 6.18. The predicted octanol–water partition coefficient (Wildman–Crippen LogP) is 1.07. The lowest BCUT2D eigenvalue weighted by atomic mass is 10.2. The van der Waals surface area contributed by atoms with E-state index in [0.29, 0.717) is 11.5 Å². The molecule has 1 aromatic carbocycles. The van der Waals surface area contributed by atoms with Gasteiger partial charge in [0.05, 0.1) is 20.8 Å². The SMILES string of the molecule is COc1ccc(-c2nnc3n2CCNC3)cc1OC. The van der Waals surface area contributed by atoms with Crippen LogP contribution in [0.4, 0.5) is 0 Å². The zero-order valence-electron chi connectivity index (χ0n) is 11.0. The van der Waals surface area contributed by atoms with Crippen molar-refractivity contribution in [1.29, 1.82) is 0 Å². The Bertz CT molecular complexity index is 594. The molecule has 6 heteroatoms. The van der Waals surface area contributed by atoms with Gasteiger partial charge in [-0.05, 0) is 18.2 Å². The Hall–Kier alpha value is -2.08.